The third-order valence-corrected chi connectivity index (χ3v) is 4.22. The topological polar surface area (TPSA) is 77.8 Å². The zero-order valence-corrected chi connectivity index (χ0v) is 14.5. The summed E-state index contributed by atoms with van der Waals surface area (Å²) >= 11 is 0. The van der Waals surface area contributed by atoms with Gasteiger partial charge in [0.2, 0.25) is 0 Å². The predicted octanol–water partition coefficient (Wildman–Crippen LogP) is 3.42. The van der Waals surface area contributed by atoms with Gasteiger partial charge in [0.25, 0.3) is 0 Å². The van der Waals surface area contributed by atoms with Crippen LogP contribution in [0.4, 0.5) is 0 Å². The Morgan fingerprint density at radius 1 is 0.885 bits per heavy atom. The first-order valence-corrected chi connectivity index (χ1v) is 8.41. The maximum absolute atomic E-state index is 12.0. The lowest BCUT2D eigenvalue weighted by molar-refractivity contribution is -0.156. The average Bonchev–Trinajstić information content (AvgIpc) is 2.62. The number of benzene rings is 2. The van der Waals surface area contributed by atoms with Gasteiger partial charge in [0, 0.05) is 13.1 Å². The Morgan fingerprint density at radius 2 is 1.35 bits per heavy atom. The molecule has 0 aromatic heterocycles. The molecule has 2 aromatic carbocycles. The molecule has 0 aliphatic rings. The molecule has 0 aliphatic carbocycles. The van der Waals surface area contributed by atoms with Crippen molar-refractivity contribution in [2.75, 3.05) is 0 Å². The summed E-state index contributed by atoms with van der Waals surface area (Å²) < 4.78 is 0. The van der Waals surface area contributed by atoms with Crippen LogP contribution in [0.3, 0.4) is 0 Å². The van der Waals surface area contributed by atoms with Crippen molar-refractivity contribution in [3.05, 3.63) is 84.4 Å². The number of carboxylic acids is 2. The minimum absolute atomic E-state index is 0.0897. The lowest BCUT2D eigenvalue weighted by Crippen LogP contribution is -2.48. The molecular weight excluding hydrogens is 330 g/mol. The van der Waals surface area contributed by atoms with Gasteiger partial charge in [-0.05, 0) is 17.5 Å². The van der Waals surface area contributed by atoms with Gasteiger partial charge >= 0.3 is 11.9 Å². The number of rotatable bonds is 10. The Hall–Kier alpha value is -2.92. The number of allylic oxidation sites excluding steroid dienone is 1. The largest absolute Gasteiger partial charge is 0.481 e. The van der Waals surface area contributed by atoms with Crippen LogP contribution in [0.1, 0.15) is 17.5 Å². The van der Waals surface area contributed by atoms with E-state index in [-0.39, 0.29) is 6.42 Å². The van der Waals surface area contributed by atoms with E-state index in [0.29, 0.717) is 13.1 Å². The summed E-state index contributed by atoms with van der Waals surface area (Å²) in [7, 11) is 0. The minimum atomic E-state index is -1.16. The number of carbonyl (C=O) groups is 2. The molecule has 2 atom stereocenters. The standard InChI is InChI=1S/C21H23NO4/c1-2-9-18(20(23)24)19(21(25)26)22(14-16-10-5-3-6-11-16)15-17-12-7-4-8-13-17/h2-8,10-13,18-19H,1,9,14-15H2,(H,23,24)(H,25,26)/t18?,19-/m0/s1. The summed E-state index contributed by atoms with van der Waals surface area (Å²) in [5, 5.41) is 19.4. The second-order valence-electron chi connectivity index (χ2n) is 6.13. The molecule has 0 heterocycles. The molecule has 0 saturated heterocycles. The molecule has 0 radical (unpaired) electrons. The van der Waals surface area contributed by atoms with Crippen molar-refractivity contribution in [2.24, 2.45) is 5.92 Å². The first kappa shape index (κ1) is 19.4. The minimum Gasteiger partial charge on any atom is -0.481 e. The van der Waals surface area contributed by atoms with Crippen LogP contribution >= 0.6 is 0 Å². The van der Waals surface area contributed by atoms with Gasteiger partial charge in [0.15, 0.2) is 0 Å². The molecule has 0 bridgehead atoms. The van der Waals surface area contributed by atoms with Crippen LogP contribution in [-0.2, 0) is 22.7 Å². The van der Waals surface area contributed by atoms with Gasteiger partial charge in [-0.2, -0.15) is 0 Å². The highest BCUT2D eigenvalue weighted by molar-refractivity contribution is 5.82. The van der Waals surface area contributed by atoms with Crippen molar-refractivity contribution < 1.29 is 19.8 Å². The number of carboxylic acid groups (broad SMARTS) is 2. The number of hydrogen-bond acceptors (Lipinski definition) is 3. The molecule has 0 amide bonds. The second kappa shape index (κ2) is 9.53. The fourth-order valence-corrected chi connectivity index (χ4v) is 3.02. The van der Waals surface area contributed by atoms with E-state index in [1.54, 1.807) is 4.90 Å². The summed E-state index contributed by atoms with van der Waals surface area (Å²) in [6, 6.07) is 17.7. The average molecular weight is 353 g/mol. The van der Waals surface area contributed by atoms with Crippen molar-refractivity contribution in [3.63, 3.8) is 0 Å². The van der Waals surface area contributed by atoms with Crippen molar-refractivity contribution >= 4 is 11.9 Å². The van der Waals surface area contributed by atoms with E-state index in [4.69, 9.17) is 0 Å². The van der Waals surface area contributed by atoms with Gasteiger partial charge in [-0.1, -0.05) is 66.7 Å². The second-order valence-corrected chi connectivity index (χ2v) is 6.13. The first-order chi connectivity index (χ1) is 12.5. The van der Waals surface area contributed by atoms with Crippen molar-refractivity contribution in [2.45, 2.75) is 25.6 Å². The van der Waals surface area contributed by atoms with Crippen LogP contribution in [0.2, 0.25) is 0 Å². The van der Waals surface area contributed by atoms with E-state index < -0.39 is 23.9 Å². The van der Waals surface area contributed by atoms with Crippen LogP contribution in [0.15, 0.2) is 73.3 Å². The van der Waals surface area contributed by atoms with E-state index in [0.717, 1.165) is 11.1 Å². The van der Waals surface area contributed by atoms with E-state index in [1.165, 1.54) is 6.08 Å². The van der Waals surface area contributed by atoms with Crippen LogP contribution < -0.4 is 0 Å². The third-order valence-electron chi connectivity index (χ3n) is 4.22. The highest BCUT2D eigenvalue weighted by Crippen LogP contribution is 2.22. The van der Waals surface area contributed by atoms with Gasteiger partial charge < -0.3 is 10.2 Å². The summed E-state index contributed by atoms with van der Waals surface area (Å²) in [5.74, 6) is -3.35. The zero-order chi connectivity index (χ0) is 18.9. The van der Waals surface area contributed by atoms with E-state index >= 15 is 0 Å². The van der Waals surface area contributed by atoms with E-state index in [2.05, 4.69) is 6.58 Å². The SMILES string of the molecule is C=CCC(C(=O)O)[C@@H](C(=O)O)N(Cc1ccccc1)Cc1ccccc1. The van der Waals surface area contributed by atoms with Crippen LogP contribution in [0.5, 0.6) is 0 Å². The maximum atomic E-state index is 12.0. The summed E-state index contributed by atoms with van der Waals surface area (Å²) in [4.78, 5) is 25.4. The molecule has 2 N–H and O–H groups in total. The Bertz CT molecular complexity index is 689. The highest BCUT2D eigenvalue weighted by Gasteiger charge is 2.37. The van der Waals surface area contributed by atoms with Crippen molar-refractivity contribution in [1.29, 1.82) is 0 Å². The lowest BCUT2D eigenvalue weighted by atomic mass is 9.93. The maximum Gasteiger partial charge on any atom is 0.321 e. The fourth-order valence-electron chi connectivity index (χ4n) is 3.02. The highest BCUT2D eigenvalue weighted by atomic mass is 16.4. The normalized spacial score (nSPS) is 13.1. The lowest BCUT2D eigenvalue weighted by Gasteiger charge is -2.32. The van der Waals surface area contributed by atoms with Crippen LogP contribution in [-0.4, -0.2) is 33.1 Å². The molecule has 0 fully saturated rings. The molecular formula is C21H23NO4. The molecule has 5 heteroatoms. The van der Waals surface area contributed by atoms with Crippen molar-refractivity contribution in [1.82, 2.24) is 4.90 Å². The Morgan fingerprint density at radius 3 is 1.69 bits per heavy atom. The third kappa shape index (κ3) is 5.29. The van der Waals surface area contributed by atoms with Crippen LogP contribution in [0, 0.1) is 5.92 Å². The quantitative estimate of drug-likeness (QED) is 0.640. The molecule has 2 rings (SSSR count). The van der Waals surface area contributed by atoms with Gasteiger partial charge in [-0.3, -0.25) is 14.5 Å². The Kier molecular flexibility index (Phi) is 7.12. The number of hydrogen-bond donors (Lipinski definition) is 2. The smallest absolute Gasteiger partial charge is 0.321 e. The fraction of sp³-hybridized carbons (Fsp3) is 0.238. The molecule has 136 valence electrons. The molecule has 0 saturated carbocycles. The molecule has 5 nitrogen and oxygen atoms in total. The monoisotopic (exact) mass is 353 g/mol. The van der Waals surface area contributed by atoms with Gasteiger partial charge in [-0.15, -0.1) is 6.58 Å². The Labute approximate surface area is 153 Å². The molecule has 2 aromatic rings. The molecule has 0 aliphatic heterocycles. The van der Waals surface area contributed by atoms with Crippen molar-refractivity contribution in [3.8, 4) is 0 Å². The molecule has 26 heavy (non-hydrogen) atoms. The summed E-state index contributed by atoms with van der Waals surface area (Å²) in [6.07, 6.45) is 1.55. The van der Waals surface area contributed by atoms with E-state index in [9.17, 15) is 19.8 Å². The number of nitrogens with zero attached hydrogens (tertiary/aromatic N) is 1. The van der Waals surface area contributed by atoms with Gasteiger partial charge in [-0.25, -0.2) is 0 Å². The van der Waals surface area contributed by atoms with Gasteiger partial charge in [0.05, 0.1) is 5.92 Å². The van der Waals surface area contributed by atoms with E-state index in [1.807, 2.05) is 60.7 Å². The number of aliphatic carboxylic acids is 2. The predicted molar refractivity (Wildman–Crippen MR) is 99.5 cm³/mol. The molecule has 0 spiro atoms. The van der Waals surface area contributed by atoms with Crippen LogP contribution in [0.25, 0.3) is 0 Å². The van der Waals surface area contributed by atoms with Gasteiger partial charge in [0.1, 0.15) is 6.04 Å². The summed E-state index contributed by atoms with van der Waals surface area (Å²) in [6.45, 7) is 4.26. The molecule has 1 unspecified atom stereocenters. The summed E-state index contributed by atoms with van der Waals surface area (Å²) in [5.41, 5.74) is 1.86. The first-order valence-electron chi connectivity index (χ1n) is 8.41. The zero-order valence-electron chi connectivity index (χ0n) is 14.5. The Balaban J connectivity index is 2.38.